The fourth-order valence-electron chi connectivity index (χ4n) is 1.67. The van der Waals surface area contributed by atoms with Crippen LogP contribution in [0.15, 0.2) is 0 Å². The summed E-state index contributed by atoms with van der Waals surface area (Å²) in [4.78, 5) is 15.3. The molecule has 0 aliphatic heterocycles. The normalized spacial score (nSPS) is 12.7. The lowest BCUT2D eigenvalue weighted by atomic mass is 10.0. The van der Waals surface area contributed by atoms with Gasteiger partial charge in [0, 0.05) is 5.92 Å². The van der Waals surface area contributed by atoms with Gasteiger partial charge in [-0.05, 0) is 19.8 Å². The largest absolute Gasteiger partial charge is 0.300 e. The third-order valence-electron chi connectivity index (χ3n) is 2.46. The molecule has 1 atom stereocenters. The number of carbonyl (C=O) groups excluding carboxylic acids is 1. The average Bonchev–Trinajstić information content (AvgIpc) is 2.61. The summed E-state index contributed by atoms with van der Waals surface area (Å²) in [6.07, 6.45) is 3.64. The third-order valence-corrected chi connectivity index (χ3v) is 2.46. The van der Waals surface area contributed by atoms with Gasteiger partial charge in [0.15, 0.2) is 5.82 Å². The molecule has 1 N–H and O–H groups in total. The lowest BCUT2D eigenvalue weighted by molar-refractivity contribution is -0.116. The Balaban J connectivity index is 2.68. The molecule has 0 amide bonds. The van der Waals surface area contributed by atoms with E-state index in [2.05, 4.69) is 29.0 Å². The van der Waals surface area contributed by atoms with Crippen molar-refractivity contribution in [2.45, 2.75) is 52.4 Å². The molecule has 15 heavy (non-hydrogen) atoms. The van der Waals surface area contributed by atoms with Crippen LogP contribution in [-0.4, -0.2) is 21.0 Å². The highest BCUT2D eigenvalue weighted by Crippen LogP contribution is 2.20. The van der Waals surface area contributed by atoms with Gasteiger partial charge < -0.3 is 0 Å². The molecule has 1 unspecified atom stereocenters. The second-order valence-corrected chi connectivity index (χ2v) is 3.91. The molecular formula is C11H19N3O. The van der Waals surface area contributed by atoms with Crippen molar-refractivity contribution >= 4 is 5.78 Å². The van der Waals surface area contributed by atoms with Crippen molar-refractivity contribution in [2.75, 3.05) is 0 Å². The molecule has 0 radical (unpaired) electrons. The zero-order valence-electron chi connectivity index (χ0n) is 9.71. The molecule has 0 bridgehead atoms. The first-order valence-electron chi connectivity index (χ1n) is 5.58. The summed E-state index contributed by atoms with van der Waals surface area (Å²) in [7, 11) is 0. The number of aromatic nitrogens is 3. The van der Waals surface area contributed by atoms with E-state index in [-0.39, 0.29) is 5.78 Å². The first kappa shape index (κ1) is 11.9. The molecule has 0 aliphatic rings. The molecule has 0 saturated carbocycles. The SMILES string of the molecule is CCCC(CC)c1n[nH]c(CC(C)=O)n1. The summed E-state index contributed by atoms with van der Waals surface area (Å²) in [5.41, 5.74) is 0. The Labute approximate surface area is 90.5 Å². The van der Waals surface area contributed by atoms with Gasteiger partial charge in [0.2, 0.25) is 0 Å². The van der Waals surface area contributed by atoms with Crippen LogP contribution in [0.2, 0.25) is 0 Å². The Morgan fingerprint density at radius 3 is 2.73 bits per heavy atom. The van der Waals surface area contributed by atoms with E-state index < -0.39 is 0 Å². The molecule has 0 fully saturated rings. The van der Waals surface area contributed by atoms with E-state index in [0.29, 0.717) is 18.2 Å². The molecule has 4 heteroatoms. The van der Waals surface area contributed by atoms with Crippen LogP contribution in [0.4, 0.5) is 0 Å². The molecule has 1 aromatic rings. The number of ketones is 1. The summed E-state index contributed by atoms with van der Waals surface area (Å²) in [6.45, 7) is 5.86. The number of hydrogen-bond acceptors (Lipinski definition) is 3. The summed E-state index contributed by atoms with van der Waals surface area (Å²) in [5, 5.41) is 7.00. The number of Topliss-reactive ketones (excluding diaryl/α,β-unsaturated/α-hetero) is 1. The highest BCUT2D eigenvalue weighted by Gasteiger charge is 2.14. The molecule has 84 valence electrons. The zero-order valence-corrected chi connectivity index (χ0v) is 9.71. The van der Waals surface area contributed by atoms with E-state index in [4.69, 9.17) is 0 Å². The number of nitrogens with zero attached hydrogens (tertiary/aromatic N) is 2. The lowest BCUT2D eigenvalue weighted by Gasteiger charge is -2.07. The summed E-state index contributed by atoms with van der Waals surface area (Å²) >= 11 is 0. The fourth-order valence-corrected chi connectivity index (χ4v) is 1.67. The molecule has 0 spiro atoms. The molecule has 1 aromatic heterocycles. The van der Waals surface area contributed by atoms with Crippen LogP contribution >= 0.6 is 0 Å². The van der Waals surface area contributed by atoms with Crippen LogP contribution < -0.4 is 0 Å². The van der Waals surface area contributed by atoms with Crippen LogP contribution in [0, 0.1) is 0 Å². The van der Waals surface area contributed by atoms with Crippen LogP contribution in [0.5, 0.6) is 0 Å². The van der Waals surface area contributed by atoms with E-state index in [9.17, 15) is 4.79 Å². The van der Waals surface area contributed by atoms with Crippen LogP contribution in [-0.2, 0) is 11.2 Å². The van der Waals surface area contributed by atoms with Gasteiger partial charge >= 0.3 is 0 Å². The summed E-state index contributed by atoms with van der Waals surface area (Å²) in [6, 6.07) is 0. The van der Waals surface area contributed by atoms with E-state index in [1.54, 1.807) is 6.92 Å². The third kappa shape index (κ3) is 3.46. The van der Waals surface area contributed by atoms with Crippen LogP contribution in [0.25, 0.3) is 0 Å². The van der Waals surface area contributed by atoms with E-state index >= 15 is 0 Å². The van der Waals surface area contributed by atoms with E-state index in [1.165, 1.54) is 0 Å². The van der Waals surface area contributed by atoms with Gasteiger partial charge in [-0.15, -0.1) is 0 Å². The maximum atomic E-state index is 10.9. The number of aromatic amines is 1. The Kier molecular flexibility index (Phi) is 4.46. The van der Waals surface area contributed by atoms with Crippen LogP contribution in [0.1, 0.15) is 57.6 Å². The Hall–Kier alpha value is -1.19. The quantitative estimate of drug-likeness (QED) is 0.781. The van der Waals surface area contributed by atoms with Gasteiger partial charge in [-0.3, -0.25) is 9.89 Å². The second-order valence-electron chi connectivity index (χ2n) is 3.91. The monoisotopic (exact) mass is 209 g/mol. The fraction of sp³-hybridized carbons (Fsp3) is 0.727. The topological polar surface area (TPSA) is 58.6 Å². The van der Waals surface area contributed by atoms with Crippen molar-refractivity contribution in [1.82, 2.24) is 15.2 Å². The highest BCUT2D eigenvalue weighted by molar-refractivity contribution is 5.77. The zero-order chi connectivity index (χ0) is 11.3. The first-order chi connectivity index (χ1) is 7.17. The van der Waals surface area contributed by atoms with Gasteiger partial charge in [-0.1, -0.05) is 20.3 Å². The Bertz CT molecular complexity index is 319. The molecule has 1 rings (SSSR count). The molecule has 0 aromatic carbocycles. The van der Waals surface area contributed by atoms with Gasteiger partial charge in [0.1, 0.15) is 11.6 Å². The molecule has 0 aliphatic carbocycles. The minimum atomic E-state index is 0.112. The minimum absolute atomic E-state index is 0.112. The molecular weight excluding hydrogens is 190 g/mol. The van der Waals surface area contributed by atoms with Crippen molar-refractivity contribution in [2.24, 2.45) is 0 Å². The standard InChI is InChI=1S/C11H19N3O/c1-4-6-9(5-2)11-12-10(13-14-11)7-8(3)15/h9H,4-7H2,1-3H3,(H,12,13,14). The lowest BCUT2D eigenvalue weighted by Crippen LogP contribution is -2.01. The van der Waals surface area contributed by atoms with Gasteiger partial charge in [0.25, 0.3) is 0 Å². The van der Waals surface area contributed by atoms with Gasteiger partial charge in [-0.2, -0.15) is 5.10 Å². The second kappa shape index (κ2) is 5.63. The van der Waals surface area contributed by atoms with E-state index in [1.807, 2.05) is 0 Å². The van der Waals surface area contributed by atoms with Crippen molar-refractivity contribution in [3.05, 3.63) is 11.6 Å². The molecule has 4 nitrogen and oxygen atoms in total. The van der Waals surface area contributed by atoms with E-state index in [0.717, 1.165) is 25.1 Å². The predicted molar refractivity (Wildman–Crippen MR) is 58.7 cm³/mol. The van der Waals surface area contributed by atoms with Crippen molar-refractivity contribution in [3.63, 3.8) is 0 Å². The number of hydrogen-bond donors (Lipinski definition) is 1. The smallest absolute Gasteiger partial charge is 0.153 e. The maximum absolute atomic E-state index is 10.9. The Morgan fingerprint density at radius 2 is 2.20 bits per heavy atom. The van der Waals surface area contributed by atoms with Crippen molar-refractivity contribution < 1.29 is 4.79 Å². The average molecular weight is 209 g/mol. The van der Waals surface area contributed by atoms with Crippen LogP contribution in [0.3, 0.4) is 0 Å². The number of H-pyrrole nitrogens is 1. The van der Waals surface area contributed by atoms with Gasteiger partial charge in [-0.25, -0.2) is 4.98 Å². The molecule has 0 saturated heterocycles. The summed E-state index contributed by atoms with van der Waals surface area (Å²) in [5.74, 6) is 2.08. The van der Waals surface area contributed by atoms with Gasteiger partial charge in [0.05, 0.1) is 6.42 Å². The number of nitrogens with one attached hydrogen (secondary N) is 1. The highest BCUT2D eigenvalue weighted by atomic mass is 16.1. The van der Waals surface area contributed by atoms with Crippen molar-refractivity contribution in [1.29, 1.82) is 0 Å². The predicted octanol–water partition coefficient (Wildman–Crippen LogP) is 2.23. The Morgan fingerprint density at radius 1 is 1.47 bits per heavy atom. The maximum Gasteiger partial charge on any atom is 0.153 e. The van der Waals surface area contributed by atoms with Crippen molar-refractivity contribution in [3.8, 4) is 0 Å². The summed E-state index contributed by atoms with van der Waals surface area (Å²) < 4.78 is 0. The number of rotatable bonds is 6. The first-order valence-corrected chi connectivity index (χ1v) is 5.58. The minimum Gasteiger partial charge on any atom is -0.300 e. The number of carbonyl (C=O) groups is 1. The molecule has 1 heterocycles.